The maximum absolute atomic E-state index is 6.14. The van der Waals surface area contributed by atoms with Crippen LogP contribution in [-0.2, 0) is 24.1 Å². The number of aromatic nitrogens is 2. The highest BCUT2D eigenvalue weighted by Gasteiger charge is 2.32. The summed E-state index contributed by atoms with van der Waals surface area (Å²) in [5.41, 5.74) is 3.03. The van der Waals surface area contributed by atoms with Crippen molar-refractivity contribution in [2.45, 2.75) is 63.8 Å². The lowest BCUT2D eigenvalue weighted by molar-refractivity contribution is -0.0212. The molecule has 2 heterocycles. The number of nitrogens with one attached hydrogen (secondary N) is 1. The first-order chi connectivity index (χ1) is 11.8. The third-order valence-corrected chi connectivity index (χ3v) is 5.46. The maximum atomic E-state index is 6.14. The van der Waals surface area contributed by atoms with Gasteiger partial charge >= 0.3 is 0 Å². The number of benzene rings is 1. The number of hydrogen-bond donors (Lipinski definition) is 1. The molecule has 1 aromatic heterocycles. The van der Waals surface area contributed by atoms with Crippen LogP contribution in [0.3, 0.4) is 0 Å². The molecule has 0 bridgehead atoms. The average molecular weight is 325 g/mol. The minimum atomic E-state index is 0.0749. The molecule has 0 radical (unpaired) electrons. The number of imidazole rings is 1. The Bertz CT molecular complexity index is 681. The van der Waals surface area contributed by atoms with Gasteiger partial charge < -0.3 is 14.6 Å². The van der Waals surface area contributed by atoms with Gasteiger partial charge in [0.25, 0.3) is 0 Å². The molecule has 128 valence electrons. The van der Waals surface area contributed by atoms with Gasteiger partial charge in [-0.25, -0.2) is 4.98 Å². The zero-order valence-electron chi connectivity index (χ0n) is 14.4. The molecule has 0 saturated carbocycles. The Kier molecular flexibility index (Phi) is 4.67. The van der Waals surface area contributed by atoms with Gasteiger partial charge in [0.15, 0.2) is 0 Å². The Morgan fingerprint density at radius 3 is 3.00 bits per heavy atom. The van der Waals surface area contributed by atoms with Gasteiger partial charge in [0, 0.05) is 37.6 Å². The van der Waals surface area contributed by atoms with E-state index >= 15 is 0 Å². The number of aryl methyl sites for hydroxylation is 2. The number of rotatable bonds is 4. The highest BCUT2D eigenvalue weighted by atomic mass is 16.5. The maximum Gasteiger partial charge on any atom is 0.139 e. The molecule has 1 fully saturated rings. The molecule has 1 aliphatic carbocycles. The van der Waals surface area contributed by atoms with Gasteiger partial charge in [-0.15, -0.1) is 0 Å². The van der Waals surface area contributed by atoms with E-state index in [1.54, 1.807) is 0 Å². The number of ether oxygens (including phenoxy) is 1. The van der Waals surface area contributed by atoms with E-state index in [2.05, 4.69) is 52.3 Å². The van der Waals surface area contributed by atoms with Crippen LogP contribution in [0.5, 0.6) is 0 Å². The second kappa shape index (κ2) is 7.08. The quantitative estimate of drug-likeness (QED) is 0.938. The first kappa shape index (κ1) is 15.9. The van der Waals surface area contributed by atoms with E-state index in [4.69, 9.17) is 4.74 Å². The van der Waals surface area contributed by atoms with Crippen molar-refractivity contribution in [3.8, 4) is 0 Å². The highest BCUT2D eigenvalue weighted by molar-refractivity contribution is 5.30. The molecular weight excluding hydrogens is 298 g/mol. The summed E-state index contributed by atoms with van der Waals surface area (Å²) in [6, 6.07) is 9.77. The molecule has 0 amide bonds. The predicted octanol–water partition coefficient (Wildman–Crippen LogP) is 3.27. The number of fused-ring (bicyclic) bond motifs is 1. The molecule has 2 aliphatic rings. The fourth-order valence-electron chi connectivity index (χ4n) is 4.19. The molecule has 0 spiro atoms. The normalized spacial score (nSPS) is 27.0. The van der Waals surface area contributed by atoms with Crippen LogP contribution >= 0.6 is 0 Å². The zero-order chi connectivity index (χ0) is 16.4. The second-order valence-electron chi connectivity index (χ2n) is 6.99. The van der Waals surface area contributed by atoms with Crippen LogP contribution in [0.4, 0.5) is 0 Å². The Labute approximate surface area is 144 Å². The van der Waals surface area contributed by atoms with Gasteiger partial charge in [0.1, 0.15) is 11.9 Å². The largest absolute Gasteiger partial charge is 0.369 e. The molecule has 1 saturated heterocycles. The van der Waals surface area contributed by atoms with Gasteiger partial charge in [-0.1, -0.05) is 24.3 Å². The Balaban J connectivity index is 1.48. The SMILES string of the molecule is CCn1ccnc1[C@H]1OCCC[C@@H]1N[C@@H]1CCc2ccccc2C1. The van der Waals surface area contributed by atoms with Gasteiger partial charge in [0.2, 0.25) is 0 Å². The minimum absolute atomic E-state index is 0.0749. The summed E-state index contributed by atoms with van der Waals surface area (Å²) >= 11 is 0. The van der Waals surface area contributed by atoms with Gasteiger partial charge in [-0.2, -0.15) is 0 Å². The molecule has 4 rings (SSSR count). The number of nitrogens with zero attached hydrogens (tertiary/aromatic N) is 2. The fourth-order valence-corrected chi connectivity index (χ4v) is 4.19. The van der Waals surface area contributed by atoms with Crippen LogP contribution < -0.4 is 5.32 Å². The highest BCUT2D eigenvalue weighted by Crippen LogP contribution is 2.29. The standard InChI is InChI=1S/C20H27N3O/c1-2-23-12-11-21-20(23)19-18(8-5-13-24-19)22-17-10-9-15-6-3-4-7-16(15)14-17/h3-4,6-7,11-12,17-19,22H,2,5,8-10,13-14H2,1H3/t17-,18+,19+/m1/s1. The van der Waals surface area contributed by atoms with E-state index in [1.165, 1.54) is 30.4 Å². The summed E-state index contributed by atoms with van der Waals surface area (Å²) in [6.45, 7) is 3.94. The Hall–Kier alpha value is -1.65. The van der Waals surface area contributed by atoms with Gasteiger partial charge in [-0.3, -0.25) is 0 Å². The molecular formula is C20H27N3O. The molecule has 0 unspecified atom stereocenters. The zero-order valence-corrected chi connectivity index (χ0v) is 14.4. The van der Waals surface area contributed by atoms with Crippen molar-refractivity contribution in [1.29, 1.82) is 0 Å². The van der Waals surface area contributed by atoms with Gasteiger partial charge in [-0.05, 0) is 50.2 Å². The van der Waals surface area contributed by atoms with E-state index in [-0.39, 0.29) is 6.10 Å². The molecule has 3 atom stereocenters. The molecule has 4 heteroatoms. The average Bonchev–Trinajstić information content (AvgIpc) is 3.11. The topological polar surface area (TPSA) is 39.1 Å². The van der Waals surface area contributed by atoms with Crippen molar-refractivity contribution in [2.75, 3.05) is 6.61 Å². The van der Waals surface area contributed by atoms with Crippen LogP contribution in [0.25, 0.3) is 0 Å². The summed E-state index contributed by atoms with van der Waals surface area (Å²) in [7, 11) is 0. The Morgan fingerprint density at radius 2 is 2.12 bits per heavy atom. The third-order valence-electron chi connectivity index (χ3n) is 5.46. The van der Waals surface area contributed by atoms with E-state index in [0.29, 0.717) is 12.1 Å². The van der Waals surface area contributed by atoms with Gasteiger partial charge in [0.05, 0.1) is 0 Å². The monoisotopic (exact) mass is 325 g/mol. The smallest absolute Gasteiger partial charge is 0.139 e. The summed E-state index contributed by atoms with van der Waals surface area (Å²) in [4.78, 5) is 4.59. The molecule has 2 aromatic rings. The summed E-state index contributed by atoms with van der Waals surface area (Å²) in [6.07, 6.45) is 9.83. The molecule has 1 aliphatic heterocycles. The van der Waals surface area contributed by atoms with Crippen LogP contribution in [0.15, 0.2) is 36.7 Å². The lowest BCUT2D eigenvalue weighted by atomic mass is 9.87. The van der Waals surface area contributed by atoms with E-state index in [9.17, 15) is 0 Å². The molecule has 24 heavy (non-hydrogen) atoms. The minimum Gasteiger partial charge on any atom is -0.369 e. The Morgan fingerprint density at radius 1 is 1.25 bits per heavy atom. The number of hydrogen-bond acceptors (Lipinski definition) is 3. The van der Waals surface area contributed by atoms with E-state index in [1.807, 2.05) is 6.20 Å². The van der Waals surface area contributed by atoms with Crippen LogP contribution in [0.1, 0.15) is 49.2 Å². The first-order valence-corrected chi connectivity index (χ1v) is 9.30. The second-order valence-corrected chi connectivity index (χ2v) is 6.99. The van der Waals surface area contributed by atoms with Crippen LogP contribution in [-0.4, -0.2) is 28.2 Å². The fraction of sp³-hybridized carbons (Fsp3) is 0.550. The van der Waals surface area contributed by atoms with Crippen molar-refractivity contribution in [1.82, 2.24) is 14.9 Å². The van der Waals surface area contributed by atoms with E-state index < -0.39 is 0 Å². The van der Waals surface area contributed by atoms with Crippen molar-refractivity contribution >= 4 is 0 Å². The molecule has 1 aromatic carbocycles. The lowest BCUT2D eigenvalue weighted by Gasteiger charge is -2.36. The summed E-state index contributed by atoms with van der Waals surface area (Å²) < 4.78 is 8.35. The van der Waals surface area contributed by atoms with Crippen molar-refractivity contribution in [3.63, 3.8) is 0 Å². The van der Waals surface area contributed by atoms with Crippen LogP contribution in [0.2, 0.25) is 0 Å². The van der Waals surface area contributed by atoms with Crippen molar-refractivity contribution in [2.24, 2.45) is 0 Å². The van der Waals surface area contributed by atoms with Crippen molar-refractivity contribution < 1.29 is 4.74 Å². The van der Waals surface area contributed by atoms with E-state index in [0.717, 1.165) is 31.8 Å². The molecule has 4 nitrogen and oxygen atoms in total. The van der Waals surface area contributed by atoms with Crippen molar-refractivity contribution in [3.05, 3.63) is 53.6 Å². The third kappa shape index (κ3) is 3.13. The lowest BCUT2D eigenvalue weighted by Crippen LogP contribution is -2.47. The predicted molar refractivity (Wildman–Crippen MR) is 95.0 cm³/mol. The first-order valence-electron chi connectivity index (χ1n) is 9.30. The molecule has 1 N–H and O–H groups in total. The van der Waals surface area contributed by atoms with Crippen LogP contribution in [0, 0.1) is 0 Å². The summed E-state index contributed by atoms with van der Waals surface area (Å²) in [5, 5.41) is 3.91. The summed E-state index contributed by atoms with van der Waals surface area (Å²) in [5.74, 6) is 1.07.